The van der Waals surface area contributed by atoms with Crippen LogP contribution in [-0.2, 0) is 12.4 Å². The van der Waals surface area contributed by atoms with E-state index in [9.17, 15) is 31.1 Å². The summed E-state index contributed by atoms with van der Waals surface area (Å²) in [4.78, 5) is 13.0. The van der Waals surface area contributed by atoms with Gasteiger partial charge in [-0.2, -0.15) is 43.2 Å². The number of nitrogens with one attached hydrogen (secondary N) is 1. The van der Waals surface area contributed by atoms with Crippen molar-refractivity contribution in [3.63, 3.8) is 0 Å². The minimum absolute atomic E-state index is 0.140. The quantitative estimate of drug-likeness (QED) is 0.291. The van der Waals surface area contributed by atoms with E-state index >= 15 is 0 Å². The van der Waals surface area contributed by atoms with Gasteiger partial charge in [0.2, 0.25) is 0 Å². The van der Waals surface area contributed by atoms with Crippen LogP contribution >= 0.6 is 23.4 Å². The molecule has 1 aliphatic heterocycles. The van der Waals surface area contributed by atoms with Gasteiger partial charge in [0.15, 0.2) is 0 Å². The van der Waals surface area contributed by atoms with E-state index in [0.717, 1.165) is 35.4 Å². The molecular formula is C24H24ClF6N3OS. The summed E-state index contributed by atoms with van der Waals surface area (Å²) in [6, 6.07) is 5.67. The Morgan fingerprint density at radius 3 is 2.39 bits per heavy atom. The van der Waals surface area contributed by atoms with Gasteiger partial charge in [-0.05, 0) is 73.2 Å². The summed E-state index contributed by atoms with van der Waals surface area (Å²) in [5.74, 6) is 0.841. The summed E-state index contributed by atoms with van der Waals surface area (Å²) in [6.07, 6.45) is -5.79. The average Bonchev–Trinajstić information content (AvgIpc) is 3.11. The molecule has 1 N–H and O–H groups in total. The molecule has 0 radical (unpaired) electrons. The Kier molecular flexibility index (Phi) is 8.24. The molecule has 0 spiro atoms. The zero-order valence-electron chi connectivity index (χ0n) is 19.6. The van der Waals surface area contributed by atoms with Crippen LogP contribution in [0.3, 0.4) is 0 Å². The van der Waals surface area contributed by atoms with Crippen molar-refractivity contribution in [2.24, 2.45) is 10.5 Å². The fraction of sp³-hybridized carbons (Fsp3) is 0.417. The van der Waals surface area contributed by atoms with Gasteiger partial charge in [0.1, 0.15) is 0 Å². The standard InChI is InChI=1S/C24H24ClF6N3OS/c1-14-11-16(23(26,27)28)6-8-19(14)32-21(35)34-13-22(2,9-4-10-36-3)20(33-34)15-5-7-17(18(25)12-15)24(29,30)31/h5-8,11-12H,4,9-10,13H2,1-3H3,(H,32,35). The first-order valence-electron chi connectivity index (χ1n) is 10.9. The number of hydrogen-bond donors (Lipinski definition) is 1. The summed E-state index contributed by atoms with van der Waals surface area (Å²) in [5, 5.41) is 7.67. The lowest BCUT2D eigenvalue weighted by atomic mass is 9.78. The van der Waals surface area contributed by atoms with Gasteiger partial charge < -0.3 is 5.32 Å². The largest absolute Gasteiger partial charge is 0.417 e. The summed E-state index contributed by atoms with van der Waals surface area (Å²) in [7, 11) is 0. The summed E-state index contributed by atoms with van der Waals surface area (Å²) in [6.45, 7) is 3.45. The smallest absolute Gasteiger partial charge is 0.306 e. The van der Waals surface area contributed by atoms with Crippen molar-refractivity contribution in [1.29, 1.82) is 0 Å². The maximum Gasteiger partial charge on any atom is 0.417 e. The van der Waals surface area contributed by atoms with Gasteiger partial charge in [-0.15, -0.1) is 0 Å². The maximum atomic E-state index is 13.2. The molecule has 0 aromatic heterocycles. The van der Waals surface area contributed by atoms with E-state index in [-0.39, 0.29) is 17.8 Å². The molecule has 36 heavy (non-hydrogen) atoms. The highest BCUT2D eigenvalue weighted by Crippen LogP contribution is 2.40. The van der Waals surface area contributed by atoms with Crippen molar-refractivity contribution in [2.45, 2.75) is 39.0 Å². The van der Waals surface area contributed by atoms with Crippen LogP contribution in [0.15, 0.2) is 41.5 Å². The number of anilines is 1. The second-order valence-corrected chi connectivity index (χ2v) is 10.2. The minimum atomic E-state index is -4.61. The first-order valence-corrected chi connectivity index (χ1v) is 12.6. The van der Waals surface area contributed by atoms with Crippen molar-refractivity contribution in [1.82, 2.24) is 5.01 Å². The fourth-order valence-electron chi connectivity index (χ4n) is 4.06. The first kappa shape index (κ1) is 28.2. The monoisotopic (exact) mass is 551 g/mol. The zero-order valence-corrected chi connectivity index (χ0v) is 21.2. The molecule has 0 saturated carbocycles. The Bertz CT molecular complexity index is 1170. The molecule has 2 amide bonds. The third-order valence-corrected chi connectivity index (χ3v) is 6.96. The van der Waals surface area contributed by atoms with Crippen molar-refractivity contribution in [3.05, 3.63) is 63.7 Å². The van der Waals surface area contributed by atoms with E-state index in [1.807, 2.05) is 13.2 Å². The van der Waals surface area contributed by atoms with Crippen LogP contribution in [0.5, 0.6) is 0 Å². The molecular weight excluding hydrogens is 528 g/mol. The Labute approximate surface area is 214 Å². The Hall–Kier alpha value is -2.40. The number of alkyl halides is 6. The third-order valence-electron chi connectivity index (χ3n) is 5.95. The van der Waals surface area contributed by atoms with Gasteiger partial charge in [0.05, 0.1) is 28.4 Å². The highest BCUT2D eigenvalue weighted by molar-refractivity contribution is 7.98. The van der Waals surface area contributed by atoms with Gasteiger partial charge >= 0.3 is 18.4 Å². The summed E-state index contributed by atoms with van der Waals surface area (Å²) >= 11 is 7.57. The molecule has 0 saturated heterocycles. The van der Waals surface area contributed by atoms with Crippen molar-refractivity contribution in [2.75, 3.05) is 23.9 Å². The highest BCUT2D eigenvalue weighted by atomic mass is 35.5. The number of carbonyl (C=O) groups excluding carboxylic acids is 1. The highest BCUT2D eigenvalue weighted by Gasteiger charge is 2.42. The van der Waals surface area contributed by atoms with E-state index in [4.69, 9.17) is 11.6 Å². The second kappa shape index (κ2) is 10.5. The van der Waals surface area contributed by atoms with Gasteiger partial charge in [-0.25, -0.2) is 9.80 Å². The third kappa shape index (κ3) is 6.29. The van der Waals surface area contributed by atoms with E-state index < -0.39 is 39.9 Å². The molecule has 1 unspecified atom stereocenters. The van der Waals surface area contributed by atoms with Crippen LogP contribution in [0.4, 0.5) is 36.8 Å². The number of thioether (sulfide) groups is 1. The van der Waals surface area contributed by atoms with Crippen LogP contribution in [0.25, 0.3) is 0 Å². The van der Waals surface area contributed by atoms with Crippen molar-refractivity contribution < 1.29 is 31.1 Å². The average molecular weight is 552 g/mol. The number of hydrogen-bond acceptors (Lipinski definition) is 3. The number of benzene rings is 2. The topological polar surface area (TPSA) is 44.7 Å². The SMILES string of the molecule is CSCCCC1(C)CN(C(=O)Nc2ccc(C(F)(F)F)cc2C)N=C1c1ccc(C(F)(F)F)c(Cl)c1. The summed E-state index contributed by atoms with van der Waals surface area (Å²) in [5.41, 5.74) is -1.29. The number of hydrazone groups is 1. The van der Waals surface area contributed by atoms with E-state index in [2.05, 4.69) is 10.4 Å². The Morgan fingerprint density at radius 2 is 1.83 bits per heavy atom. The molecule has 4 nitrogen and oxygen atoms in total. The number of nitrogens with zero attached hydrogens (tertiary/aromatic N) is 2. The predicted octanol–water partition coefficient (Wildman–Crippen LogP) is 8.09. The molecule has 1 heterocycles. The van der Waals surface area contributed by atoms with Gasteiger partial charge in [-0.1, -0.05) is 24.6 Å². The number of halogens is 7. The molecule has 12 heteroatoms. The van der Waals surface area contributed by atoms with Crippen LogP contribution in [-0.4, -0.2) is 35.3 Å². The Morgan fingerprint density at radius 1 is 1.14 bits per heavy atom. The summed E-state index contributed by atoms with van der Waals surface area (Å²) < 4.78 is 78.4. The molecule has 3 rings (SSSR count). The van der Waals surface area contributed by atoms with Gasteiger partial charge in [0.25, 0.3) is 0 Å². The molecule has 196 valence electrons. The van der Waals surface area contributed by atoms with E-state index in [1.165, 1.54) is 25.1 Å². The second-order valence-electron chi connectivity index (χ2n) is 8.81. The molecule has 1 atom stereocenters. The van der Waals surface area contributed by atoms with Crippen LogP contribution in [0.1, 0.15) is 42.0 Å². The van der Waals surface area contributed by atoms with Crippen LogP contribution in [0.2, 0.25) is 5.02 Å². The number of urea groups is 1. The molecule has 2 aromatic rings. The lowest BCUT2D eigenvalue weighted by Crippen LogP contribution is -2.36. The Balaban J connectivity index is 1.91. The molecule has 0 bridgehead atoms. The number of amides is 2. The normalized spacial score (nSPS) is 18.4. The first-order chi connectivity index (χ1) is 16.7. The van der Waals surface area contributed by atoms with Gasteiger partial charge in [-0.3, -0.25) is 0 Å². The molecule has 1 aliphatic rings. The fourth-order valence-corrected chi connectivity index (χ4v) is 4.78. The van der Waals surface area contributed by atoms with E-state index in [0.29, 0.717) is 17.7 Å². The lowest BCUT2D eigenvalue weighted by molar-refractivity contribution is -0.138. The predicted molar refractivity (Wildman–Crippen MR) is 131 cm³/mol. The van der Waals surface area contributed by atoms with Crippen molar-refractivity contribution in [3.8, 4) is 0 Å². The minimum Gasteiger partial charge on any atom is -0.306 e. The van der Waals surface area contributed by atoms with Crippen LogP contribution < -0.4 is 5.32 Å². The number of aryl methyl sites for hydroxylation is 1. The van der Waals surface area contributed by atoms with Gasteiger partial charge in [0, 0.05) is 11.1 Å². The number of carbonyl (C=O) groups is 1. The zero-order chi connectivity index (χ0) is 26.9. The maximum absolute atomic E-state index is 13.2. The van der Waals surface area contributed by atoms with Crippen molar-refractivity contribution >= 4 is 40.8 Å². The van der Waals surface area contributed by atoms with E-state index in [1.54, 1.807) is 11.8 Å². The molecule has 2 aromatic carbocycles. The lowest BCUT2D eigenvalue weighted by Gasteiger charge is -2.26. The molecule has 0 aliphatic carbocycles. The van der Waals surface area contributed by atoms with Crippen LogP contribution in [0, 0.1) is 12.3 Å². The molecule has 0 fully saturated rings. The number of rotatable bonds is 6.